The minimum atomic E-state index is -0.355. The standard InChI is InChI=1S/C21H28O3/c1-3-4-5-6-7-8-9-10-11-14-17-20(22)18-15-12-13-16-19-21(23)24-2/h3-10,15-16,18-19H,11-14,17H2,1-2H3/b4-3+,6-5+,8-7+,10-9+,18-15+,19-16+. The van der Waals surface area contributed by atoms with E-state index in [-0.39, 0.29) is 11.8 Å². The van der Waals surface area contributed by atoms with Gasteiger partial charge in [0, 0.05) is 12.5 Å². The summed E-state index contributed by atoms with van der Waals surface area (Å²) in [6.45, 7) is 1.98. The number of ketones is 1. The number of esters is 1. The maximum absolute atomic E-state index is 11.6. The highest BCUT2D eigenvalue weighted by atomic mass is 16.5. The third-order valence-corrected chi connectivity index (χ3v) is 2.94. The van der Waals surface area contributed by atoms with Crippen LogP contribution in [0.5, 0.6) is 0 Å². The first-order chi connectivity index (χ1) is 11.7. The van der Waals surface area contributed by atoms with Gasteiger partial charge in [-0.3, -0.25) is 4.79 Å². The summed E-state index contributed by atoms with van der Waals surface area (Å²) in [4.78, 5) is 22.5. The van der Waals surface area contributed by atoms with Crippen molar-refractivity contribution in [2.45, 2.75) is 39.0 Å². The molecule has 0 aliphatic carbocycles. The van der Waals surface area contributed by atoms with Crippen molar-refractivity contribution in [2.75, 3.05) is 7.11 Å². The van der Waals surface area contributed by atoms with Crippen LogP contribution in [0.1, 0.15) is 39.0 Å². The van der Waals surface area contributed by atoms with Crippen LogP contribution in [0.2, 0.25) is 0 Å². The Bertz CT molecular complexity index is 517. The number of carbonyl (C=O) groups excluding carboxylic acids is 2. The summed E-state index contributed by atoms with van der Waals surface area (Å²) in [5.41, 5.74) is 0. The molecule has 0 spiro atoms. The summed E-state index contributed by atoms with van der Waals surface area (Å²) in [6, 6.07) is 0. The van der Waals surface area contributed by atoms with Crippen molar-refractivity contribution in [1.29, 1.82) is 0 Å². The van der Waals surface area contributed by atoms with Crippen LogP contribution in [0, 0.1) is 0 Å². The Morgan fingerprint density at radius 2 is 1.42 bits per heavy atom. The highest BCUT2D eigenvalue weighted by molar-refractivity contribution is 5.89. The van der Waals surface area contributed by atoms with E-state index in [1.165, 1.54) is 13.2 Å². The normalized spacial score (nSPS) is 12.8. The Labute approximate surface area is 145 Å². The Balaban J connectivity index is 3.70. The molecule has 0 aromatic rings. The van der Waals surface area contributed by atoms with Crippen molar-refractivity contribution in [3.05, 3.63) is 72.9 Å². The molecule has 0 radical (unpaired) electrons. The topological polar surface area (TPSA) is 43.4 Å². The highest BCUT2D eigenvalue weighted by Gasteiger charge is 1.94. The third kappa shape index (κ3) is 16.0. The fraction of sp³-hybridized carbons (Fsp3) is 0.333. The second-order valence-electron chi connectivity index (χ2n) is 4.99. The fourth-order valence-electron chi connectivity index (χ4n) is 1.67. The summed E-state index contributed by atoms with van der Waals surface area (Å²) < 4.78 is 4.48. The van der Waals surface area contributed by atoms with Crippen LogP contribution in [0.4, 0.5) is 0 Å². The first-order valence-corrected chi connectivity index (χ1v) is 8.25. The minimum Gasteiger partial charge on any atom is -0.466 e. The zero-order valence-electron chi connectivity index (χ0n) is 14.7. The molecule has 0 aliphatic rings. The van der Waals surface area contributed by atoms with E-state index in [2.05, 4.69) is 10.8 Å². The van der Waals surface area contributed by atoms with Gasteiger partial charge in [-0.25, -0.2) is 4.79 Å². The summed E-state index contributed by atoms with van der Waals surface area (Å²) in [6.07, 6.45) is 26.3. The van der Waals surface area contributed by atoms with E-state index in [4.69, 9.17) is 0 Å². The van der Waals surface area contributed by atoms with Crippen LogP contribution >= 0.6 is 0 Å². The zero-order valence-corrected chi connectivity index (χ0v) is 14.7. The summed E-state index contributed by atoms with van der Waals surface area (Å²) in [5.74, 6) is -0.211. The molecule has 0 saturated heterocycles. The Hall–Kier alpha value is -2.42. The zero-order chi connectivity index (χ0) is 17.9. The van der Waals surface area contributed by atoms with Crippen LogP contribution < -0.4 is 0 Å². The lowest BCUT2D eigenvalue weighted by Crippen LogP contribution is -1.93. The smallest absolute Gasteiger partial charge is 0.330 e. The molecule has 0 bridgehead atoms. The number of methoxy groups -OCH3 is 1. The second kappa shape index (κ2) is 16.9. The third-order valence-electron chi connectivity index (χ3n) is 2.94. The van der Waals surface area contributed by atoms with Crippen LogP contribution in [0.25, 0.3) is 0 Å². The molecule has 130 valence electrons. The molecule has 0 fully saturated rings. The van der Waals surface area contributed by atoms with E-state index in [0.29, 0.717) is 6.42 Å². The molecule has 0 unspecified atom stereocenters. The number of allylic oxidation sites excluding steroid dienone is 11. The number of rotatable bonds is 12. The Kier molecular flexibility index (Phi) is 15.2. The van der Waals surface area contributed by atoms with Gasteiger partial charge in [0.25, 0.3) is 0 Å². The Morgan fingerprint density at radius 3 is 2.08 bits per heavy atom. The molecule has 0 amide bonds. The summed E-state index contributed by atoms with van der Waals surface area (Å²) in [7, 11) is 1.35. The average Bonchev–Trinajstić information content (AvgIpc) is 2.59. The molecule has 24 heavy (non-hydrogen) atoms. The molecule has 0 rings (SSSR count). The molecule has 0 atom stereocenters. The van der Waals surface area contributed by atoms with Crippen molar-refractivity contribution in [3.8, 4) is 0 Å². The van der Waals surface area contributed by atoms with Crippen molar-refractivity contribution in [3.63, 3.8) is 0 Å². The van der Waals surface area contributed by atoms with Crippen LogP contribution in [0.15, 0.2) is 72.9 Å². The van der Waals surface area contributed by atoms with Gasteiger partial charge < -0.3 is 4.74 Å². The largest absolute Gasteiger partial charge is 0.466 e. The minimum absolute atomic E-state index is 0.144. The monoisotopic (exact) mass is 328 g/mol. The molecule has 3 nitrogen and oxygen atoms in total. The maximum Gasteiger partial charge on any atom is 0.330 e. The Morgan fingerprint density at radius 1 is 0.792 bits per heavy atom. The van der Waals surface area contributed by atoms with E-state index in [1.54, 1.807) is 12.2 Å². The van der Waals surface area contributed by atoms with Gasteiger partial charge in [-0.15, -0.1) is 0 Å². The van der Waals surface area contributed by atoms with Crippen molar-refractivity contribution in [2.24, 2.45) is 0 Å². The van der Waals surface area contributed by atoms with Crippen LogP contribution in [-0.4, -0.2) is 18.9 Å². The highest BCUT2D eigenvalue weighted by Crippen LogP contribution is 2.01. The van der Waals surface area contributed by atoms with E-state index < -0.39 is 0 Å². The molecule has 0 saturated carbocycles. The molecule has 0 aliphatic heterocycles. The van der Waals surface area contributed by atoms with Gasteiger partial charge in [0.05, 0.1) is 7.11 Å². The number of carbonyl (C=O) groups is 2. The SMILES string of the molecule is C/C=C/C=C/C=C/C=C/CCCC(=O)/C=C/CC/C=C/C(=O)OC. The predicted octanol–water partition coefficient (Wildman–Crippen LogP) is 5.04. The van der Waals surface area contributed by atoms with Crippen LogP contribution in [0.3, 0.4) is 0 Å². The first-order valence-electron chi connectivity index (χ1n) is 8.25. The molecule has 0 heterocycles. The van der Waals surface area contributed by atoms with Gasteiger partial charge in [-0.05, 0) is 38.7 Å². The van der Waals surface area contributed by atoms with Gasteiger partial charge in [-0.1, -0.05) is 60.8 Å². The molecule has 3 heteroatoms. The second-order valence-corrected chi connectivity index (χ2v) is 4.99. The molecule has 0 N–H and O–H groups in total. The number of hydrogen-bond acceptors (Lipinski definition) is 3. The number of ether oxygens (including phenoxy) is 1. The quantitative estimate of drug-likeness (QED) is 0.218. The van der Waals surface area contributed by atoms with E-state index in [1.807, 2.05) is 55.5 Å². The van der Waals surface area contributed by atoms with E-state index >= 15 is 0 Å². The van der Waals surface area contributed by atoms with Gasteiger partial charge >= 0.3 is 5.97 Å². The van der Waals surface area contributed by atoms with E-state index in [9.17, 15) is 9.59 Å². The lowest BCUT2D eigenvalue weighted by Gasteiger charge is -1.93. The average molecular weight is 328 g/mol. The van der Waals surface area contributed by atoms with Crippen molar-refractivity contribution >= 4 is 11.8 Å². The van der Waals surface area contributed by atoms with Gasteiger partial charge in [0.2, 0.25) is 0 Å². The summed E-state index contributed by atoms with van der Waals surface area (Å²) in [5, 5.41) is 0. The number of hydrogen-bond donors (Lipinski definition) is 0. The molecule has 0 aromatic carbocycles. The predicted molar refractivity (Wildman–Crippen MR) is 101 cm³/mol. The van der Waals surface area contributed by atoms with E-state index in [0.717, 1.165) is 25.7 Å². The lowest BCUT2D eigenvalue weighted by molar-refractivity contribution is -0.134. The van der Waals surface area contributed by atoms with Crippen molar-refractivity contribution < 1.29 is 14.3 Å². The van der Waals surface area contributed by atoms with Gasteiger partial charge in [0.1, 0.15) is 0 Å². The fourth-order valence-corrected chi connectivity index (χ4v) is 1.67. The first kappa shape index (κ1) is 21.6. The lowest BCUT2D eigenvalue weighted by atomic mass is 10.1. The molecule has 0 aromatic heterocycles. The molecular weight excluding hydrogens is 300 g/mol. The van der Waals surface area contributed by atoms with Crippen LogP contribution in [-0.2, 0) is 14.3 Å². The maximum atomic E-state index is 11.6. The van der Waals surface area contributed by atoms with Gasteiger partial charge in [-0.2, -0.15) is 0 Å². The molecular formula is C21H28O3. The summed E-state index contributed by atoms with van der Waals surface area (Å²) >= 11 is 0. The number of unbranched alkanes of at least 4 members (excludes halogenated alkanes) is 2. The van der Waals surface area contributed by atoms with Gasteiger partial charge in [0.15, 0.2) is 5.78 Å². The van der Waals surface area contributed by atoms with Crippen molar-refractivity contribution in [1.82, 2.24) is 0 Å².